The highest BCUT2D eigenvalue weighted by Gasteiger charge is 2.55. The van der Waals surface area contributed by atoms with E-state index < -0.39 is 15.2 Å². The van der Waals surface area contributed by atoms with E-state index in [0.717, 1.165) is 13.0 Å². The second-order valence-electron chi connectivity index (χ2n) is 10.5. The molecule has 1 N–H and O–H groups in total. The van der Waals surface area contributed by atoms with Gasteiger partial charge in [0.05, 0.1) is 5.54 Å². The summed E-state index contributed by atoms with van der Waals surface area (Å²) in [5.74, 6) is 0. The number of hydrogen-bond acceptors (Lipinski definition) is 4. The van der Waals surface area contributed by atoms with Crippen molar-refractivity contribution in [3.8, 4) is 0 Å². The van der Waals surface area contributed by atoms with Crippen LogP contribution in [0.4, 0.5) is 0 Å². The lowest BCUT2D eigenvalue weighted by Crippen LogP contribution is -2.48. The number of rotatable bonds is 7. The first-order chi connectivity index (χ1) is 14.2. The summed E-state index contributed by atoms with van der Waals surface area (Å²) in [6.45, 7) is 10.0. The molecular weight excluding hydrogens is 422 g/mol. The van der Waals surface area contributed by atoms with E-state index in [1.165, 1.54) is 24.0 Å². The topological polar surface area (TPSA) is 37.4 Å². The van der Waals surface area contributed by atoms with Gasteiger partial charge in [-0.3, -0.25) is 9.42 Å². The zero-order valence-electron chi connectivity index (χ0n) is 21.8. The fourth-order valence-corrected chi connectivity index (χ4v) is 15.3. The maximum atomic E-state index is 5.68. The highest BCUT2D eigenvalue weighted by Crippen LogP contribution is 2.72. The number of nitrogens with one attached hydrogen (secondary N) is 1. The lowest BCUT2D eigenvalue weighted by atomic mass is 10.0. The van der Waals surface area contributed by atoms with Crippen molar-refractivity contribution in [3.63, 3.8) is 0 Å². The molecule has 1 aromatic carbocycles. The first-order valence-corrected chi connectivity index (χ1v) is 14.8. The Morgan fingerprint density at radius 2 is 1.55 bits per heavy atom. The van der Waals surface area contributed by atoms with Crippen LogP contribution in [0, 0.1) is 6.92 Å². The van der Waals surface area contributed by atoms with Crippen molar-refractivity contribution in [1.29, 1.82) is 0 Å². The predicted molar refractivity (Wildman–Crippen MR) is 141 cm³/mol. The molecule has 2 atom stereocenters. The molecule has 0 amide bonds. The van der Waals surface area contributed by atoms with Gasteiger partial charge in [-0.2, -0.15) is 0 Å². The average Bonchev–Trinajstić information content (AvgIpc) is 2.63. The van der Waals surface area contributed by atoms with Crippen LogP contribution in [0.25, 0.3) is 0 Å². The molecule has 2 unspecified atom stereocenters. The van der Waals surface area contributed by atoms with Gasteiger partial charge in [0.1, 0.15) is 7.36 Å². The third-order valence-electron chi connectivity index (χ3n) is 6.05. The molecule has 0 radical (unpaired) electrons. The first kappa shape index (κ1) is 26.9. The lowest BCUT2D eigenvalue weighted by molar-refractivity contribution is 0.426. The van der Waals surface area contributed by atoms with Crippen molar-refractivity contribution in [3.05, 3.63) is 35.4 Å². The Morgan fingerprint density at radius 1 is 1.03 bits per heavy atom. The van der Waals surface area contributed by atoms with E-state index in [-0.39, 0.29) is 5.54 Å². The smallest absolute Gasteiger partial charge is 0.265 e. The second kappa shape index (κ2) is 10.3. The third kappa shape index (κ3) is 5.98. The molecule has 1 aromatic rings. The maximum absolute atomic E-state index is 5.68. The summed E-state index contributed by atoms with van der Waals surface area (Å²) < 4.78 is 15.4. The molecule has 1 aliphatic heterocycles. The highest BCUT2D eigenvalue weighted by atomic mass is 31.3. The summed E-state index contributed by atoms with van der Waals surface area (Å²) in [5, 5.41) is 0. The van der Waals surface area contributed by atoms with E-state index in [1.54, 1.807) is 0 Å². The Balaban J connectivity index is 2.68. The molecule has 1 heterocycles. The molecule has 1 aliphatic rings. The summed E-state index contributed by atoms with van der Waals surface area (Å²) in [7, 11) is 11.5. The fraction of sp³-hybridized carbons (Fsp3) is 0.739. The van der Waals surface area contributed by atoms with Gasteiger partial charge in [0.25, 0.3) is 0 Å². The minimum Gasteiger partial charge on any atom is -0.265 e. The molecule has 0 aliphatic carbocycles. The molecular formula is C23H47N6P2+. The molecule has 6 nitrogen and oxygen atoms in total. The molecule has 0 bridgehead atoms. The van der Waals surface area contributed by atoms with Crippen LogP contribution in [0.5, 0.6) is 0 Å². The predicted octanol–water partition coefficient (Wildman–Crippen LogP) is 5.41. The van der Waals surface area contributed by atoms with Gasteiger partial charge in [0.2, 0.25) is 0 Å². The lowest BCUT2D eigenvalue weighted by Gasteiger charge is -2.50. The van der Waals surface area contributed by atoms with Crippen LogP contribution in [0.2, 0.25) is 0 Å². The Morgan fingerprint density at radius 3 is 2.00 bits per heavy atom. The van der Waals surface area contributed by atoms with Crippen molar-refractivity contribution in [2.45, 2.75) is 58.2 Å². The molecule has 8 heteroatoms. The third-order valence-corrected chi connectivity index (χ3v) is 15.3. The first-order valence-electron chi connectivity index (χ1n) is 11.4. The maximum Gasteiger partial charge on any atom is 0.310 e. The van der Waals surface area contributed by atoms with Gasteiger partial charge in [-0.25, -0.2) is 0 Å². The van der Waals surface area contributed by atoms with Crippen molar-refractivity contribution >= 4 is 15.2 Å². The van der Waals surface area contributed by atoms with Gasteiger partial charge in [-0.15, -0.1) is 14.0 Å². The number of benzene rings is 1. The Labute approximate surface area is 193 Å². The van der Waals surface area contributed by atoms with E-state index in [0.29, 0.717) is 5.66 Å². The van der Waals surface area contributed by atoms with Crippen LogP contribution in [0.3, 0.4) is 0 Å². The van der Waals surface area contributed by atoms with Gasteiger partial charge in [-0.05, 0) is 59.6 Å². The van der Waals surface area contributed by atoms with Gasteiger partial charge in [0, 0.05) is 54.5 Å². The summed E-state index contributed by atoms with van der Waals surface area (Å²) in [6.07, 6.45) is 3.51. The number of nitrogens with zero attached hydrogens (tertiary/aromatic N) is 5. The second-order valence-corrected chi connectivity index (χ2v) is 17.7. The van der Waals surface area contributed by atoms with E-state index in [4.69, 9.17) is 4.74 Å². The van der Waals surface area contributed by atoms with Crippen LogP contribution < -0.4 is 4.86 Å². The minimum atomic E-state index is -2.04. The zero-order valence-corrected chi connectivity index (χ0v) is 23.6. The molecule has 1 saturated heterocycles. The van der Waals surface area contributed by atoms with Crippen molar-refractivity contribution in [2.75, 3.05) is 55.9 Å². The summed E-state index contributed by atoms with van der Waals surface area (Å²) in [4.78, 5) is 4.33. The quantitative estimate of drug-likeness (QED) is 0.540. The molecule has 1 fully saturated rings. The highest BCUT2D eigenvalue weighted by molar-refractivity contribution is 7.80. The minimum absolute atomic E-state index is 0.113. The van der Waals surface area contributed by atoms with Gasteiger partial charge in [0.15, 0.2) is 0 Å². The van der Waals surface area contributed by atoms with Crippen LogP contribution >= 0.6 is 15.2 Å². The molecule has 2 rings (SSSR count). The van der Waals surface area contributed by atoms with Crippen molar-refractivity contribution in [1.82, 2.24) is 23.5 Å². The summed E-state index contributed by atoms with van der Waals surface area (Å²) in [6, 6.07) is 9.10. The fourth-order valence-electron chi connectivity index (χ4n) is 4.73. The van der Waals surface area contributed by atoms with E-state index in [9.17, 15) is 0 Å². The molecule has 0 aromatic heterocycles. The van der Waals surface area contributed by atoms with Crippen LogP contribution in [-0.2, 0) is 6.42 Å². The zero-order chi connectivity index (χ0) is 23.6. The standard InChI is InChI=1S/C23H47N6P2/c1-20-14-16-21(17-15-20)19-22-13-12-18-29(11)30(22,24-23(2,3)4)25-31(26(5)6,27(7)8)28(9)10/h14-17,22,25H,12-13,18-19H2,1-11H3/q+1. The van der Waals surface area contributed by atoms with E-state index in [2.05, 4.69) is 125 Å². The normalized spacial score (nSPS) is 23.7. The Hall–Kier alpha value is -0.320. The van der Waals surface area contributed by atoms with Crippen LogP contribution in [0.15, 0.2) is 29.0 Å². The Bertz CT molecular complexity index is 745. The van der Waals surface area contributed by atoms with Gasteiger partial charge in [-0.1, -0.05) is 34.7 Å². The van der Waals surface area contributed by atoms with Crippen LogP contribution in [-0.4, -0.2) is 85.8 Å². The van der Waals surface area contributed by atoms with E-state index >= 15 is 0 Å². The largest absolute Gasteiger partial charge is 0.310 e. The average molecular weight is 470 g/mol. The molecule has 0 spiro atoms. The molecule has 178 valence electrons. The van der Waals surface area contributed by atoms with Gasteiger partial charge < -0.3 is 0 Å². The van der Waals surface area contributed by atoms with Crippen molar-refractivity contribution in [2.24, 2.45) is 4.74 Å². The van der Waals surface area contributed by atoms with Gasteiger partial charge >= 0.3 is 7.87 Å². The molecule has 31 heavy (non-hydrogen) atoms. The number of hydrogen-bond donors (Lipinski definition) is 1. The molecule has 0 saturated carbocycles. The summed E-state index contributed by atoms with van der Waals surface area (Å²) >= 11 is 0. The van der Waals surface area contributed by atoms with Crippen LogP contribution in [0.1, 0.15) is 44.7 Å². The Kier molecular flexibility index (Phi) is 8.95. The SMILES string of the molecule is Cc1ccc(CC2CCCN(C)P2(=NC(C)(C)C)N[P+](N(C)C)(N(C)C)N(C)C)cc1. The monoisotopic (exact) mass is 469 g/mol. The van der Waals surface area contributed by atoms with Crippen molar-refractivity contribution < 1.29 is 0 Å². The summed E-state index contributed by atoms with van der Waals surface area (Å²) in [5.41, 5.74) is 3.12. The number of aryl methyl sites for hydroxylation is 1. The van der Waals surface area contributed by atoms with E-state index in [1.807, 2.05) is 0 Å².